The van der Waals surface area contributed by atoms with Crippen LogP contribution in [-0.2, 0) is 6.54 Å². The van der Waals surface area contributed by atoms with Gasteiger partial charge in [-0.15, -0.1) is 0 Å². The Morgan fingerprint density at radius 2 is 2.20 bits per heavy atom. The third-order valence-corrected chi connectivity index (χ3v) is 2.23. The number of rotatable bonds is 5. The largest absolute Gasteiger partial charge is 0.508 e. The molecule has 15 heavy (non-hydrogen) atoms. The highest BCUT2D eigenvalue weighted by molar-refractivity contribution is 5.32. The number of benzene rings is 1. The number of hydrogen-bond acceptors (Lipinski definition) is 3. The van der Waals surface area contributed by atoms with E-state index in [0.717, 1.165) is 13.0 Å². The van der Waals surface area contributed by atoms with Gasteiger partial charge in [0, 0.05) is 12.1 Å². The van der Waals surface area contributed by atoms with Gasteiger partial charge in [-0.3, -0.25) is 0 Å². The Morgan fingerprint density at radius 1 is 1.47 bits per heavy atom. The summed E-state index contributed by atoms with van der Waals surface area (Å²) in [4.78, 5) is 2.00. The van der Waals surface area contributed by atoms with Crippen molar-refractivity contribution in [1.29, 1.82) is 0 Å². The maximum absolute atomic E-state index is 12.9. The first-order chi connectivity index (χ1) is 7.13. The Balaban J connectivity index is 2.59. The maximum Gasteiger partial charge on any atom is 0.123 e. The van der Waals surface area contributed by atoms with E-state index in [1.54, 1.807) is 0 Å². The molecule has 0 aliphatic heterocycles. The minimum atomic E-state index is -0.324. The lowest BCUT2D eigenvalue weighted by Crippen LogP contribution is -2.21. The minimum absolute atomic E-state index is 0.135. The molecule has 0 aliphatic carbocycles. The van der Waals surface area contributed by atoms with Gasteiger partial charge in [-0.05, 0) is 44.8 Å². The van der Waals surface area contributed by atoms with E-state index in [1.807, 2.05) is 11.9 Å². The molecule has 3 N–H and O–H groups in total. The maximum atomic E-state index is 12.9. The van der Waals surface area contributed by atoms with Crippen LogP contribution in [0.5, 0.6) is 5.75 Å². The van der Waals surface area contributed by atoms with E-state index in [9.17, 15) is 9.50 Å². The fourth-order valence-corrected chi connectivity index (χ4v) is 1.41. The minimum Gasteiger partial charge on any atom is -0.508 e. The summed E-state index contributed by atoms with van der Waals surface area (Å²) >= 11 is 0. The summed E-state index contributed by atoms with van der Waals surface area (Å²) in [6, 6.07) is 3.98. The summed E-state index contributed by atoms with van der Waals surface area (Å²) in [5, 5.41) is 9.49. The number of halogens is 1. The van der Waals surface area contributed by atoms with Crippen molar-refractivity contribution in [1.82, 2.24) is 4.90 Å². The summed E-state index contributed by atoms with van der Waals surface area (Å²) in [6.45, 7) is 2.01. The molecule has 0 bridgehead atoms. The lowest BCUT2D eigenvalue weighted by molar-refractivity contribution is 0.317. The Labute approximate surface area is 89.3 Å². The zero-order valence-electron chi connectivity index (χ0n) is 8.91. The quantitative estimate of drug-likeness (QED) is 0.773. The molecule has 1 aromatic carbocycles. The predicted octanol–water partition coefficient (Wildman–Crippen LogP) is 1.31. The average Bonchev–Trinajstić information content (AvgIpc) is 2.20. The monoisotopic (exact) mass is 212 g/mol. The molecule has 0 saturated heterocycles. The van der Waals surface area contributed by atoms with Gasteiger partial charge < -0.3 is 15.7 Å². The van der Waals surface area contributed by atoms with Crippen LogP contribution in [0.2, 0.25) is 0 Å². The van der Waals surface area contributed by atoms with Crippen molar-refractivity contribution in [2.24, 2.45) is 5.73 Å². The summed E-state index contributed by atoms with van der Waals surface area (Å²) in [6.07, 6.45) is 0.895. The van der Waals surface area contributed by atoms with Crippen molar-refractivity contribution in [3.8, 4) is 5.75 Å². The first kappa shape index (κ1) is 11.9. The van der Waals surface area contributed by atoms with Crippen LogP contribution in [0.15, 0.2) is 18.2 Å². The van der Waals surface area contributed by atoms with E-state index in [2.05, 4.69) is 0 Å². The number of nitrogens with zero attached hydrogens (tertiary/aromatic N) is 1. The zero-order chi connectivity index (χ0) is 11.3. The molecular weight excluding hydrogens is 195 g/mol. The van der Waals surface area contributed by atoms with E-state index < -0.39 is 0 Å². The van der Waals surface area contributed by atoms with E-state index in [4.69, 9.17) is 5.73 Å². The topological polar surface area (TPSA) is 49.5 Å². The highest BCUT2D eigenvalue weighted by atomic mass is 19.1. The molecule has 0 saturated carbocycles. The molecule has 0 heterocycles. The van der Waals surface area contributed by atoms with Crippen molar-refractivity contribution in [3.05, 3.63) is 29.6 Å². The Bertz CT molecular complexity index is 317. The highest BCUT2D eigenvalue weighted by Gasteiger charge is 2.05. The first-order valence-corrected chi connectivity index (χ1v) is 4.99. The standard InChI is InChI=1S/C11H17FN2O/c1-14(6-2-5-13)8-9-7-10(12)3-4-11(9)15/h3-4,7,15H,2,5-6,8,13H2,1H3. The van der Waals surface area contributed by atoms with Gasteiger partial charge in [-0.1, -0.05) is 0 Å². The summed E-state index contributed by atoms with van der Waals surface area (Å²) < 4.78 is 12.9. The van der Waals surface area contributed by atoms with Crippen LogP contribution >= 0.6 is 0 Å². The molecule has 0 spiro atoms. The second kappa shape index (κ2) is 5.68. The normalized spacial score (nSPS) is 10.9. The van der Waals surface area contributed by atoms with Gasteiger partial charge >= 0.3 is 0 Å². The molecule has 0 aromatic heterocycles. The van der Waals surface area contributed by atoms with Crippen LogP contribution in [0.3, 0.4) is 0 Å². The molecule has 1 rings (SSSR count). The summed E-state index contributed by atoms with van der Waals surface area (Å²) in [7, 11) is 1.92. The van der Waals surface area contributed by atoms with E-state index in [-0.39, 0.29) is 11.6 Å². The van der Waals surface area contributed by atoms with Gasteiger partial charge in [-0.2, -0.15) is 0 Å². The van der Waals surface area contributed by atoms with E-state index in [1.165, 1.54) is 18.2 Å². The predicted molar refractivity (Wildman–Crippen MR) is 58.1 cm³/mol. The molecule has 1 aromatic rings. The van der Waals surface area contributed by atoms with Crippen molar-refractivity contribution >= 4 is 0 Å². The van der Waals surface area contributed by atoms with Crippen molar-refractivity contribution in [2.75, 3.05) is 20.1 Å². The van der Waals surface area contributed by atoms with Crippen molar-refractivity contribution in [3.63, 3.8) is 0 Å². The lowest BCUT2D eigenvalue weighted by atomic mass is 10.2. The van der Waals surface area contributed by atoms with Gasteiger partial charge in [0.05, 0.1) is 0 Å². The molecule has 0 atom stereocenters. The number of phenolic OH excluding ortho intramolecular Hbond substituents is 1. The van der Waals surface area contributed by atoms with Crippen molar-refractivity contribution < 1.29 is 9.50 Å². The lowest BCUT2D eigenvalue weighted by Gasteiger charge is -2.16. The Kier molecular flexibility index (Phi) is 4.52. The molecule has 3 nitrogen and oxygen atoms in total. The molecule has 0 unspecified atom stereocenters. The third-order valence-electron chi connectivity index (χ3n) is 2.23. The fourth-order valence-electron chi connectivity index (χ4n) is 1.41. The van der Waals surface area contributed by atoms with Crippen LogP contribution in [0.25, 0.3) is 0 Å². The van der Waals surface area contributed by atoms with Crippen LogP contribution in [0, 0.1) is 5.82 Å². The third kappa shape index (κ3) is 3.85. The summed E-state index contributed by atoms with van der Waals surface area (Å²) in [5.74, 6) is -0.189. The fraction of sp³-hybridized carbons (Fsp3) is 0.455. The summed E-state index contributed by atoms with van der Waals surface area (Å²) in [5.41, 5.74) is 5.99. The number of phenols is 1. The smallest absolute Gasteiger partial charge is 0.123 e. The van der Waals surface area contributed by atoms with Crippen molar-refractivity contribution in [2.45, 2.75) is 13.0 Å². The van der Waals surface area contributed by atoms with Gasteiger partial charge in [0.2, 0.25) is 0 Å². The van der Waals surface area contributed by atoms with Crippen LogP contribution in [-0.4, -0.2) is 30.1 Å². The Morgan fingerprint density at radius 3 is 2.87 bits per heavy atom. The highest BCUT2D eigenvalue weighted by Crippen LogP contribution is 2.19. The average molecular weight is 212 g/mol. The molecule has 84 valence electrons. The second-order valence-electron chi connectivity index (χ2n) is 3.65. The molecule has 0 radical (unpaired) electrons. The number of aromatic hydroxyl groups is 1. The zero-order valence-corrected chi connectivity index (χ0v) is 8.91. The van der Waals surface area contributed by atoms with E-state index in [0.29, 0.717) is 18.7 Å². The van der Waals surface area contributed by atoms with Crippen LogP contribution in [0.1, 0.15) is 12.0 Å². The Hall–Kier alpha value is -1.13. The molecule has 0 aliphatic rings. The SMILES string of the molecule is CN(CCCN)Cc1cc(F)ccc1O. The molecule has 4 heteroatoms. The first-order valence-electron chi connectivity index (χ1n) is 4.99. The number of hydrogen-bond donors (Lipinski definition) is 2. The van der Waals surface area contributed by atoms with Gasteiger partial charge in [0.25, 0.3) is 0 Å². The molecular formula is C11H17FN2O. The molecule has 0 fully saturated rings. The molecule has 0 amide bonds. The van der Waals surface area contributed by atoms with Gasteiger partial charge in [-0.25, -0.2) is 4.39 Å². The van der Waals surface area contributed by atoms with Gasteiger partial charge in [0.1, 0.15) is 11.6 Å². The van der Waals surface area contributed by atoms with Crippen LogP contribution in [0.4, 0.5) is 4.39 Å². The van der Waals surface area contributed by atoms with Gasteiger partial charge in [0.15, 0.2) is 0 Å². The van der Waals surface area contributed by atoms with E-state index >= 15 is 0 Å². The van der Waals surface area contributed by atoms with Crippen LogP contribution < -0.4 is 5.73 Å². The number of nitrogens with two attached hydrogens (primary N) is 1. The second-order valence-corrected chi connectivity index (χ2v) is 3.65.